The number of rotatable bonds is 9. The van der Waals surface area contributed by atoms with Crippen molar-refractivity contribution in [2.75, 3.05) is 0 Å². The van der Waals surface area contributed by atoms with Crippen molar-refractivity contribution in [1.82, 2.24) is 14.9 Å². The molecule has 1 saturated carbocycles. The highest BCUT2D eigenvalue weighted by Crippen LogP contribution is 2.38. The van der Waals surface area contributed by atoms with E-state index in [2.05, 4.69) is 9.88 Å². The minimum Gasteiger partial charge on any atom is -0.489 e. The normalized spacial score (nSPS) is 13.4. The van der Waals surface area contributed by atoms with Crippen molar-refractivity contribution in [2.45, 2.75) is 64.6 Å². The number of nitrogens with zero attached hydrogens (tertiary/aromatic N) is 2. The van der Waals surface area contributed by atoms with E-state index in [9.17, 15) is 14.7 Å². The van der Waals surface area contributed by atoms with E-state index in [1.807, 2.05) is 32.0 Å². The van der Waals surface area contributed by atoms with Crippen LogP contribution < -0.4 is 10.1 Å². The Kier molecular flexibility index (Phi) is 10.5. The number of aromatic carboxylic acids is 1. The lowest BCUT2D eigenvalue weighted by Gasteiger charge is -2.25. The van der Waals surface area contributed by atoms with Crippen LogP contribution in [0.1, 0.15) is 78.3 Å². The lowest BCUT2D eigenvalue weighted by Crippen LogP contribution is -2.30. The average molecular weight is 677 g/mol. The topological polar surface area (TPSA) is 93.4 Å². The van der Waals surface area contributed by atoms with Crippen LogP contribution in [0.15, 0.2) is 78.9 Å². The van der Waals surface area contributed by atoms with Gasteiger partial charge >= 0.3 is 5.97 Å². The number of carboxylic acid groups (broad SMARTS) is 1. The van der Waals surface area contributed by atoms with Crippen molar-refractivity contribution < 1.29 is 23.8 Å². The average Bonchev–Trinajstić information content (AvgIpc) is 3.42. The Hall–Kier alpha value is -4.40. The van der Waals surface area contributed by atoms with Gasteiger partial charge in [-0.1, -0.05) is 49.1 Å². The third kappa shape index (κ3) is 7.45. The maximum Gasteiger partial charge on any atom is 0.335 e. The van der Waals surface area contributed by atoms with Crippen molar-refractivity contribution in [3.05, 3.63) is 106 Å². The van der Waals surface area contributed by atoms with E-state index in [4.69, 9.17) is 21.3 Å². The third-order valence-electron chi connectivity index (χ3n) is 8.39. The minimum absolute atomic E-state index is 0. The Morgan fingerprint density at radius 1 is 0.957 bits per heavy atom. The number of fused-ring (bicyclic) bond motifs is 1. The summed E-state index contributed by atoms with van der Waals surface area (Å²) in [6.07, 6.45) is 5.21. The van der Waals surface area contributed by atoms with Gasteiger partial charge in [-0.25, -0.2) is 14.2 Å². The highest BCUT2D eigenvalue weighted by molar-refractivity contribution is 6.30. The van der Waals surface area contributed by atoms with E-state index in [1.54, 1.807) is 54.6 Å². The summed E-state index contributed by atoms with van der Waals surface area (Å²) in [5.41, 5.74) is 4.82. The molecule has 10 heteroatoms. The number of benzene rings is 4. The van der Waals surface area contributed by atoms with Crippen LogP contribution in [0.4, 0.5) is 4.39 Å². The molecule has 0 spiro atoms. The summed E-state index contributed by atoms with van der Waals surface area (Å²) in [5, 5.41) is 13.1. The first-order valence-electron chi connectivity index (χ1n) is 15.6. The Bertz CT molecular complexity index is 1920. The van der Waals surface area contributed by atoms with Crippen molar-refractivity contribution in [3.63, 3.8) is 0 Å². The molecule has 0 saturated heterocycles. The van der Waals surface area contributed by atoms with E-state index < -0.39 is 11.8 Å². The second-order valence-electron chi connectivity index (χ2n) is 12.0. The first-order chi connectivity index (χ1) is 22.2. The smallest absolute Gasteiger partial charge is 0.335 e. The summed E-state index contributed by atoms with van der Waals surface area (Å²) < 4.78 is 24.1. The van der Waals surface area contributed by atoms with Gasteiger partial charge in [-0.3, -0.25) is 4.79 Å². The Morgan fingerprint density at radius 3 is 2.34 bits per heavy atom. The number of aromatic nitrogens is 2. The van der Waals surface area contributed by atoms with E-state index in [-0.39, 0.29) is 42.6 Å². The molecule has 0 atom stereocenters. The number of carbonyl (C=O) groups excluding carboxylic acids is 1. The van der Waals surface area contributed by atoms with Crippen LogP contribution in [0.2, 0.25) is 5.02 Å². The molecule has 5 aromatic rings. The predicted octanol–water partition coefficient (Wildman–Crippen LogP) is 9.51. The molecular weight excluding hydrogens is 640 g/mol. The number of hydrogen-bond acceptors (Lipinski definition) is 4. The Morgan fingerprint density at radius 2 is 1.66 bits per heavy atom. The number of ether oxygens (including phenoxy) is 1. The van der Waals surface area contributed by atoms with E-state index in [1.165, 1.54) is 6.07 Å². The molecule has 1 heterocycles. The largest absolute Gasteiger partial charge is 0.489 e. The van der Waals surface area contributed by atoms with Crippen molar-refractivity contribution in [1.29, 1.82) is 0 Å². The number of hydrogen-bond donors (Lipinski definition) is 2. The zero-order valence-electron chi connectivity index (χ0n) is 26.1. The number of carbonyl (C=O) groups is 2. The summed E-state index contributed by atoms with van der Waals surface area (Å²) in [6, 6.07) is 22.6. The molecule has 0 aliphatic heterocycles. The van der Waals surface area contributed by atoms with Gasteiger partial charge in [0.1, 0.15) is 24.0 Å². The molecule has 1 amide bonds. The molecule has 0 bridgehead atoms. The van der Waals surface area contributed by atoms with Gasteiger partial charge in [0.2, 0.25) is 0 Å². The molecule has 1 aromatic heterocycles. The molecule has 7 nitrogen and oxygen atoms in total. The maximum absolute atomic E-state index is 15.9. The van der Waals surface area contributed by atoms with Gasteiger partial charge in [0.05, 0.1) is 22.2 Å². The van der Waals surface area contributed by atoms with Crippen LogP contribution in [0.25, 0.3) is 33.5 Å². The van der Waals surface area contributed by atoms with Gasteiger partial charge in [-0.15, -0.1) is 12.4 Å². The monoisotopic (exact) mass is 675 g/mol. The number of amides is 1. The van der Waals surface area contributed by atoms with Crippen LogP contribution >= 0.6 is 24.0 Å². The number of imidazole rings is 1. The predicted molar refractivity (Wildman–Crippen MR) is 185 cm³/mol. The molecular formula is C37H36Cl2FN3O4. The summed E-state index contributed by atoms with van der Waals surface area (Å²) in [7, 11) is 0. The fraction of sp³-hybridized carbons (Fsp3) is 0.270. The molecule has 0 unspecified atom stereocenters. The van der Waals surface area contributed by atoms with Gasteiger partial charge in [-0.05, 0) is 98.0 Å². The van der Waals surface area contributed by atoms with Crippen molar-refractivity contribution >= 4 is 46.9 Å². The van der Waals surface area contributed by atoms with Gasteiger partial charge in [0.15, 0.2) is 0 Å². The van der Waals surface area contributed by atoms with Crippen LogP contribution in [0.5, 0.6) is 5.75 Å². The second-order valence-corrected chi connectivity index (χ2v) is 12.5. The van der Waals surface area contributed by atoms with Gasteiger partial charge in [0, 0.05) is 28.7 Å². The molecule has 47 heavy (non-hydrogen) atoms. The number of nitrogens with one attached hydrogen (secondary N) is 1. The number of halogens is 3. The molecule has 0 radical (unpaired) electrons. The first kappa shape index (κ1) is 33.9. The minimum atomic E-state index is -1.03. The van der Waals surface area contributed by atoms with Crippen molar-refractivity contribution in [3.8, 4) is 28.3 Å². The third-order valence-corrected chi connectivity index (χ3v) is 8.65. The fourth-order valence-electron chi connectivity index (χ4n) is 6.17. The quantitative estimate of drug-likeness (QED) is 0.162. The van der Waals surface area contributed by atoms with Gasteiger partial charge < -0.3 is 19.7 Å². The molecule has 244 valence electrons. The van der Waals surface area contributed by atoms with Crippen LogP contribution in [-0.2, 0) is 6.61 Å². The van der Waals surface area contributed by atoms with E-state index in [0.717, 1.165) is 54.3 Å². The second kappa shape index (κ2) is 14.6. The van der Waals surface area contributed by atoms with Crippen LogP contribution in [0, 0.1) is 5.82 Å². The van der Waals surface area contributed by atoms with E-state index in [0.29, 0.717) is 33.2 Å². The molecule has 4 aromatic carbocycles. The Balaban J connectivity index is 0.00000433. The summed E-state index contributed by atoms with van der Waals surface area (Å²) in [4.78, 5) is 29.2. The molecule has 1 fully saturated rings. The zero-order valence-corrected chi connectivity index (χ0v) is 27.7. The summed E-state index contributed by atoms with van der Waals surface area (Å²) >= 11 is 6.12. The highest BCUT2D eigenvalue weighted by Gasteiger charge is 2.25. The van der Waals surface area contributed by atoms with Crippen molar-refractivity contribution in [2.24, 2.45) is 0 Å². The highest BCUT2D eigenvalue weighted by atomic mass is 35.5. The van der Waals surface area contributed by atoms with Gasteiger partial charge in [-0.2, -0.15) is 0 Å². The molecule has 1 aliphatic carbocycles. The Labute approximate surface area is 284 Å². The fourth-order valence-corrected chi connectivity index (χ4v) is 6.30. The summed E-state index contributed by atoms with van der Waals surface area (Å²) in [5.74, 6) is -0.915. The van der Waals surface area contributed by atoms with Crippen LogP contribution in [0.3, 0.4) is 0 Å². The molecule has 6 rings (SSSR count). The zero-order chi connectivity index (χ0) is 32.4. The van der Waals surface area contributed by atoms with Crippen LogP contribution in [-0.4, -0.2) is 32.6 Å². The SMILES string of the molecule is CC(C)NC(=O)c1ccc(-c2ccc(Cl)cc2)c(COc2ccc(-c3nc4cc(C(=O)O)ccc4n3C3CCCCC3)c(F)c2)c1.Cl. The summed E-state index contributed by atoms with van der Waals surface area (Å²) in [6.45, 7) is 3.90. The standard InChI is InChI=1S/C37H35ClFN3O4.ClH/c1-22(2)40-36(43)24-10-15-30(23-8-12-27(38)13-9-23)26(18-24)21-46-29-14-16-31(32(39)20-29)35-41-33-19-25(37(44)45)11-17-34(33)42(35)28-6-4-3-5-7-28;/h8-20,22,28H,3-7,21H2,1-2H3,(H,40,43)(H,44,45);1H. The number of carboxylic acids is 1. The lowest BCUT2D eigenvalue weighted by molar-refractivity contribution is 0.0696. The van der Waals surface area contributed by atoms with E-state index >= 15 is 4.39 Å². The molecule has 1 aliphatic rings. The molecule has 2 N–H and O–H groups in total. The lowest BCUT2D eigenvalue weighted by atomic mass is 9.94. The maximum atomic E-state index is 15.9. The first-order valence-corrected chi connectivity index (χ1v) is 15.9. The van der Waals surface area contributed by atoms with Gasteiger partial charge in [0.25, 0.3) is 5.91 Å².